The third-order valence-electron chi connectivity index (χ3n) is 2.53. The highest BCUT2D eigenvalue weighted by Gasteiger charge is 2.12. The van der Waals surface area contributed by atoms with Crippen molar-refractivity contribution in [2.24, 2.45) is 5.92 Å². The van der Waals surface area contributed by atoms with E-state index >= 15 is 0 Å². The fourth-order valence-corrected chi connectivity index (χ4v) is 2.04. The molecule has 1 atom stereocenters. The van der Waals surface area contributed by atoms with Crippen LogP contribution in [0.15, 0.2) is 18.2 Å². The molecule has 0 fully saturated rings. The van der Waals surface area contributed by atoms with E-state index in [1.165, 1.54) is 12.1 Å². The second-order valence-electron chi connectivity index (χ2n) is 4.12. The number of rotatable bonds is 5. The van der Waals surface area contributed by atoms with Crippen LogP contribution in [-0.2, 0) is 6.54 Å². The first-order chi connectivity index (χ1) is 7.54. The fourth-order valence-electron chi connectivity index (χ4n) is 1.39. The van der Waals surface area contributed by atoms with Gasteiger partial charge in [0.15, 0.2) is 0 Å². The predicted molar refractivity (Wildman–Crippen MR) is 67.6 cm³/mol. The van der Waals surface area contributed by atoms with E-state index in [1.54, 1.807) is 6.07 Å². The van der Waals surface area contributed by atoms with Crippen LogP contribution in [0, 0.1) is 11.7 Å². The summed E-state index contributed by atoms with van der Waals surface area (Å²) in [6.45, 7) is 4.71. The van der Waals surface area contributed by atoms with Gasteiger partial charge in [0.05, 0.1) is 0 Å². The summed E-state index contributed by atoms with van der Waals surface area (Å²) in [6, 6.07) is 4.58. The van der Waals surface area contributed by atoms with Crippen LogP contribution in [0.25, 0.3) is 0 Å². The molecule has 1 aromatic carbocycles. The maximum atomic E-state index is 13.0. The van der Waals surface area contributed by atoms with Gasteiger partial charge in [-0.3, -0.25) is 0 Å². The largest absolute Gasteiger partial charge is 0.308 e. The summed E-state index contributed by atoms with van der Waals surface area (Å²) in [5.74, 6) is 0.697. The van der Waals surface area contributed by atoms with Crippen LogP contribution < -0.4 is 5.32 Å². The lowest BCUT2D eigenvalue weighted by Crippen LogP contribution is -2.34. The third kappa shape index (κ3) is 3.93. The van der Waals surface area contributed by atoms with Gasteiger partial charge in [-0.15, -0.1) is 11.6 Å². The molecule has 4 heteroatoms. The van der Waals surface area contributed by atoms with E-state index in [0.717, 1.165) is 5.56 Å². The van der Waals surface area contributed by atoms with Crippen molar-refractivity contribution >= 4 is 23.2 Å². The van der Waals surface area contributed by atoms with E-state index in [2.05, 4.69) is 19.2 Å². The monoisotopic (exact) mass is 263 g/mol. The van der Waals surface area contributed by atoms with Crippen LogP contribution in [0.5, 0.6) is 0 Å². The molecule has 1 N–H and O–H groups in total. The Morgan fingerprint density at radius 1 is 1.38 bits per heavy atom. The summed E-state index contributed by atoms with van der Waals surface area (Å²) in [7, 11) is 0. The standard InChI is InChI=1S/C12H16Cl2FN/c1-8(2)12(6-13)16-7-9-5-10(15)3-4-11(9)14/h3-5,8,12,16H,6-7H2,1-2H3. The molecule has 0 heterocycles. The molecule has 1 nitrogen and oxygen atoms in total. The average molecular weight is 264 g/mol. The molecule has 0 amide bonds. The van der Waals surface area contributed by atoms with Crippen LogP contribution in [0.2, 0.25) is 5.02 Å². The van der Waals surface area contributed by atoms with Gasteiger partial charge >= 0.3 is 0 Å². The minimum absolute atomic E-state index is 0.209. The van der Waals surface area contributed by atoms with Gasteiger partial charge in [0.1, 0.15) is 5.82 Å². The number of halogens is 3. The lowest BCUT2D eigenvalue weighted by atomic mass is 10.1. The average Bonchev–Trinajstić information content (AvgIpc) is 2.23. The van der Waals surface area contributed by atoms with Crippen LogP contribution in [0.3, 0.4) is 0 Å². The van der Waals surface area contributed by atoms with E-state index in [-0.39, 0.29) is 11.9 Å². The van der Waals surface area contributed by atoms with Gasteiger partial charge in [-0.25, -0.2) is 4.39 Å². The predicted octanol–water partition coefficient (Wildman–Crippen LogP) is 3.83. The van der Waals surface area contributed by atoms with Crippen molar-refractivity contribution in [3.05, 3.63) is 34.6 Å². The fraction of sp³-hybridized carbons (Fsp3) is 0.500. The zero-order chi connectivity index (χ0) is 12.1. The van der Waals surface area contributed by atoms with E-state index in [4.69, 9.17) is 23.2 Å². The Kier molecular flexibility index (Phi) is 5.53. The Labute approximate surface area is 106 Å². The van der Waals surface area contributed by atoms with E-state index < -0.39 is 0 Å². The van der Waals surface area contributed by atoms with Gasteiger partial charge < -0.3 is 5.32 Å². The third-order valence-corrected chi connectivity index (χ3v) is 3.23. The minimum Gasteiger partial charge on any atom is -0.308 e. The highest BCUT2D eigenvalue weighted by molar-refractivity contribution is 6.31. The second kappa shape index (κ2) is 6.43. The minimum atomic E-state index is -0.270. The number of alkyl halides is 1. The summed E-state index contributed by atoms with van der Waals surface area (Å²) in [4.78, 5) is 0. The Morgan fingerprint density at radius 2 is 2.06 bits per heavy atom. The number of benzene rings is 1. The summed E-state index contributed by atoms with van der Waals surface area (Å²) in [6.07, 6.45) is 0. The van der Waals surface area contributed by atoms with Crippen molar-refractivity contribution in [3.8, 4) is 0 Å². The molecule has 0 bridgehead atoms. The van der Waals surface area contributed by atoms with Crippen molar-refractivity contribution in [1.82, 2.24) is 5.32 Å². The molecule has 90 valence electrons. The number of hydrogen-bond acceptors (Lipinski definition) is 1. The van der Waals surface area contributed by atoms with E-state index in [1.807, 2.05) is 0 Å². The zero-order valence-electron chi connectivity index (χ0n) is 9.43. The molecular formula is C12H16Cl2FN. The molecule has 0 radical (unpaired) electrons. The molecule has 16 heavy (non-hydrogen) atoms. The van der Waals surface area contributed by atoms with Crippen molar-refractivity contribution < 1.29 is 4.39 Å². The van der Waals surface area contributed by atoms with E-state index in [0.29, 0.717) is 23.4 Å². The summed E-state index contributed by atoms with van der Waals surface area (Å²) in [5.41, 5.74) is 0.762. The Hall–Kier alpha value is -0.310. The van der Waals surface area contributed by atoms with Crippen molar-refractivity contribution in [1.29, 1.82) is 0 Å². The molecule has 0 aliphatic rings. The van der Waals surface area contributed by atoms with Gasteiger partial charge in [0.2, 0.25) is 0 Å². The topological polar surface area (TPSA) is 12.0 Å². The quantitative estimate of drug-likeness (QED) is 0.797. The molecule has 0 spiro atoms. The molecule has 0 aliphatic carbocycles. The van der Waals surface area contributed by atoms with Gasteiger partial charge in [-0.2, -0.15) is 0 Å². The van der Waals surface area contributed by atoms with Crippen molar-refractivity contribution in [2.45, 2.75) is 26.4 Å². The van der Waals surface area contributed by atoms with Crippen molar-refractivity contribution in [2.75, 3.05) is 5.88 Å². The van der Waals surface area contributed by atoms with Gasteiger partial charge in [0, 0.05) is 23.5 Å². The van der Waals surface area contributed by atoms with Crippen LogP contribution in [0.4, 0.5) is 4.39 Å². The smallest absolute Gasteiger partial charge is 0.123 e. The molecule has 0 aliphatic heterocycles. The maximum Gasteiger partial charge on any atom is 0.123 e. The first-order valence-corrected chi connectivity index (χ1v) is 6.19. The lowest BCUT2D eigenvalue weighted by Gasteiger charge is -2.20. The summed E-state index contributed by atoms with van der Waals surface area (Å²) < 4.78 is 13.0. The molecule has 0 aromatic heterocycles. The van der Waals surface area contributed by atoms with Gasteiger partial charge in [0.25, 0.3) is 0 Å². The highest BCUT2D eigenvalue weighted by atomic mass is 35.5. The van der Waals surface area contributed by atoms with Crippen molar-refractivity contribution in [3.63, 3.8) is 0 Å². The Morgan fingerprint density at radius 3 is 2.62 bits per heavy atom. The van der Waals surface area contributed by atoms with Gasteiger partial charge in [-0.1, -0.05) is 25.4 Å². The maximum absolute atomic E-state index is 13.0. The number of nitrogens with one attached hydrogen (secondary N) is 1. The SMILES string of the molecule is CC(C)C(CCl)NCc1cc(F)ccc1Cl. The first-order valence-electron chi connectivity index (χ1n) is 5.28. The Balaban J connectivity index is 2.63. The first kappa shape index (κ1) is 13.8. The molecule has 1 aromatic rings. The molecule has 0 saturated carbocycles. The molecule has 1 rings (SSSR count). The Bertz CT molecular complexity index is 342. The lowest BCUT2D eigenvalue weighted by molar-refractivity contribution is 0.430. The molecule has 0 saturated heterocycles. The summed E-state index contributed by atoms with van der Waals surface area (Å²) in [5, 5.41) is 3.85. The van der Waals surface area contributed by atoms with Crippen LogP contribution in [0.1, 0.15) is 19.4 Å². The second-order valence-corrected chi connectivity index (χ2v) is 4.84. The molecular weight excluding hydrogens is 248 g/mol. The highest BCUT2D eigenvalue weighted by Crippen LogP contribution is 2.17. The molecule has 1 unspecified atom stereocenters. The number of hydrogen-bond donors (Lipinski definition) is 1. The van der Waals surface area contributed by atoms with Crippen LogP contribution >= 0.6 is 23.2 Å². The van der Waals surface area contributed by atoms with Crippen LogP contribution in [-0.4, -0.2) is 11.9 Å². The van der Waals surface area contributed by atoms with Gasteiger partial charge in [-0.05, 0) is 29.7 Å². The summed E-state index contributed by atoms with van der Waals surface area (Å²) >= 11 is 11.8. The normalized spacial score (nSPS) is 13.1. The van der Waals surface area contributed by atoms with E-state index in [9.17, 15) is 4.39 Å². The zero-order valence-corrected chi connectivity index (χ0v) is 10.9.